The molecule has 1 aromatic carbocycles. The van der Waals surface area contributed by atoms with E-state index in [1.165, 1.54) is 11.8 Å². The van der Waals surface area contributed by atoms with Gasteiger partial charge in [0.2, 0.25) is 5.89 Å². The van der Waals surface area contributed by atoms with Crippen molar-refractivity contribution >= 4 is 11.8 Å². The van der Waals surface area contributed by atoms with Crippen molar-refractivity contribution in [2.75, 3.05) is 0 Å². The highest BCUT2D eigenvalue weighted by molar-refractivity contribution is 7.98. The largest absolute Gasteiger partial charge is 0.339 e. The summed E-state index contributed by atoms with van der Waals surface area (Å²) in [7, 11) is 0. The number of benzene rings is 1. The molecule has 0 saturated heterocycles. The van der Waals surface area contributed by atoms with Gasteiger partial charge in [0.05, 0.1) is 11.4 Å². The molecule has 0 atom stereocenters. The van der Waals surface area contributed by atoms with Gasteiger partial charge < -0.3 is 4.52 Å². The average molecular weight is 407 g/mol. The molecule has 3 heterocycles. The Balaban J connectivity index is 1.70. The van der Waals surface area contributed by atoms with Gasteiger partial charge >= 0.3 is 0 Å². The van der Waals surface area contributed by atoms with Gasteiger partial charge in [0.15, 0.2) is 16.8 Å². The molecule has 0 unspecified atom stereocenters. The quantitative estimate of drug-likeness (QED) is 0.448. The molecule has 0 bridgehead atoms. The van der Waals surface area contributed by atoms with Gasteiger partial charge in [-0.3, -0.25) is 9.55 Å². The molecule has 7 nitrogen and oxygen atoms in total. The molecule has 29 heavy (non-hydrogen) atoms. The van der Waals surface area contributed by atoms with Gasteiger partial charge in [0, 0.05) is 23.4 Å². The number of aromatic nitrogens is 6. The first kappa shape index (κ1) is 19.3. The number of pyridine rings is 1. The molecule has 0 aliphatic carbocycles. The lowest BCUT2D eigenvalue weighted by atomic mass is 9.97. The van der Waals surface area contributed by atoms with Crippen LogP contribution in [0, 0.1) is 6.92 Å². The van der Waals surface area contributed by atoms with Gasteiger partial charge in [-0.25, -0.2) is 0 Å². The van der Waals surface area contributed by atoms with E-state index in [9.17, 15) is 0 Å². The van der Waals surface area contributed by atoms with Gasteiger partial charge in [-0.15, -0.1) is 10.2 Å². The summed E-state index contributed by atoms with van der Waals surface area (Å²) in [6, 6.07) is 12.0. The second-order valence-corrected chi connectivity index (χ2v) is 8.67. The van der Waals surface area contributed by atoms with Crippen molar-refractivity contribution in [3.63, 3.8) is 0 Å². The van der Waals surface area contributed by atoms with Crippen molar-refractivity contribution in [2.24, 2.45) is 0 Å². The van der Waals surface area contributed by atoms with Crippen LogP contribution in [0.2, 0.25) is 0 Å². The summed E-state index contributed by atoms with van der Waals surface area (Å²) >= 11 is 1.53. The van der Waals surface area contributed by atoms with E-state index in [1.807, 2.05) is 45.0 Å². The zero-order valence-corrected chi connectivity index (χ0v) is 17.6. The second-order valence-electron chi connectivity index (χ2n) is 7.72. The number of hydrogen-bond acceptors (Lipinski definition) is 7. The fourth-order valence-electron chi connectivity index (χ4n) is 2.82. The molecular weight excluding hydrogens is 384 g/mol. The first-order valence-electron chi connectivity index (χ1n) is 9.31. The Hall–Kier alpha value is -3.00. The van der Waals surface area contributed by atoms with Crippen molar-refractivity contribution < 1.29 is 4.52 Å². The highest BCUT2D eigenvalue weighted by atomic mass is 32.2. The summed E-state index contributed by atoms with van der Waals surface area (Å²) in [4.78, 5) is 8.74. The maximum Gasteiger partial charge on any atom is 0.232 e. The number of rotatable bonds is 5. The lowest BCUT2D eigenvalue weighted by molar-refractivity contribution is 0.319. The van der Waals surface area contributed by atoms with Crippen molar-refractivity contribution in [1.29, 1.82) is 0 Å². The Morgan fingerprint density at radius 3 is 2.59 bits per heavy atom. The summed E-state index contributed by atoms with van der Waals surface area (Å²) in [5.41, 5.74) is 2.89. The first-order valence-corrected chi connectivity index (χ1v) is 10.3. The van der Waals surface area contributed by atoms with Crippen molar-refractivity contribution in [1.82, 2.24) is 29.9 Å². The summed E-state index contributed by atoms with van der Waals surface area (Å²) in [6.07, 6.45) is 3.54. The predicted octanol–water partition coefficient (Wildman–Crippen LogP) is 4.61. The van der Waals surface area contributed by atoms with Gasteiger partial charge in [0.25, 0.3) is 0 Å². The number of thioether (sulfide) groups is 1. The molecule has 0 amide bonds. The first-order chi connectivity index (χ1) is 13.9. The highest BCUT2D eigenvalue weighted by Crippen LogP contribution is 2.30. The molecule has 0 saturated carbocycles. The van der Waals surface area contributed by atoms with E-state index in [-0.39, 0.29) is 5.41 Å². The van der Waals surface area contributed by atoms with E-state index in [2.05, 4.69) is 48.9 Å². The van der Waals surface area contributed by atoms with Gasteiger partial charge in [-0.1, -0.05) is 55.9 Å². The van der Waals surface area contributed by atoms with Crippen LogP contribution in [0.3, 0.4) is 0 Å². The number of para-hydroxylation sites is 1. The van der Waals surface area contributed by atoms with Crippen molar-refractivity contribution in [2.45, 2.75) is 44.0 Å². The number of nitrogens with zero attached hydrogens (tertiary/aromatic N) is 6. The lowest BCUT2D eigenvalue weighted by Crippen LogP contribution is -2.11. The van der Waals surface area contributed by atoms with Crippen LogP contribution >= 0.6 is 11.8 Å². The van der Waals surface area contributed by atoms with E-state index in [1.54, 1.807) is 12.4 Å². The number of hydrogen-bond donors (Lipinski definition) is 0. The molecule has 4 aromatic rings. The molecule has 8 heteroatoms. The monoisotopic (exact) mass is 406 g/mol. The van der Waals surface area contributed by atoms with E-state index in [0.29, 0.717) is 17.5 Å². The fourth-order valence-corrected chi connectivity index (χ4v) is 3.61. The summed E-state index contributed by atoms with van der Waals surface area (Å²) < 4.78 is 7.46. The molecule has 0 aliphatic heterocycles. The smallest absolute Gasteiger partial charge is 0.232 e. The predicted molar refractivity (Wildman–Crippen MR) is 112 cm³/mol. The SMILES string of the molecule is Cc1ccccc1-n1c(SCc2noc(C(C)(C)C)n2)nnc1-c1cccnc1. The minimum absolute atomic E-state index is 0.176. The highest BCUT2D eigenvalue weighted by Gasteiger charge is 2.23. The van der Waals surface area contributed by atoms with E-state index in [4.69, 9.17) is 4.52 Å². The Bertz CT molecular complexity index is 1110. The third-order valence-electron chi connectivity index (χ3n) is 4.35. The molecule has 0 radical (unpaired) electrons. The van der Waals surface area contributed by atoms with Crippen LogP contribution in [-0.2, 0) is 11.2 Å². The van der Waals surface area contributed by atoms with Crippen LogP contribution in [0.15, 0.2) is 58.5 Å². The Labute approximate surface area is 173 Å². The van der Waals surface area contributed by atoms with Crippen molar-refractivity contribution in [3.05, 3.63) is 66.1 Å². The van der Waals surface area contributed by atoms with E-state index < -0.39 is 0 Å². The molecule has 3 aromatic heterocycles. The van der Waals surface area contributed by atoms with Gasteiger partial charge in [0.1, 0.15) is 0 Å². The standard InChI is InChI=1S/C21H22N6OS/c1-14-8-5-6-10-16(14)27-18(15-9-7-11-22-12-15)24-25-20(27)29-13-17-23-19(28-26-17)21(2,3)4/h5-12H,13H2,1-4H3. The molecule has 0 fully saturated rings. The maximum atomic E-state index is 5.40. The fraction of sp³-hybridized carbons (Fsp3) is 0.286. The van der Waals surface area contributed by atoms with E-state index >= 15 is 0 Å². The van der Waals surface area contributed by atoms with E-state index in [0.717, 1.165) is 27.8 Å². The molecule has 0 spiro atoms. The van der Waals surface area contributed by atoms with Crippen LogP contribution < -0.4 is 0 Å². The Kier molecular flexibility index (Phi) is 5.19. The Morgan fingerprint density at radius 1 is 1.07 bits per heavy atom. The topological polar surface area (TPSA) is 82.5 Å². The van der Waals surface area contributed by atoms with Crippen LogP contribution in [0.5, 0.6) is 0 Å². The van der Waals surface area contributed by atoms with Gasteiger partial charge in [-0.05, 0) is 30.7 Å². The normalized spacial score (nSPS) is 11.7. The molecule has 148 valence electrons. The Morgan fingerprint density at radius 2 is 1.90 bits per heavy atom. The van der Waals surface area contributed by atoms with Crippen LogP contribution in [0.1, 0.15) is 38.0 Å². The zero-order valence-electron chi connectivity index (χ0n) is 16.8. The maximum absolute atomic E-state index is 5.40. The van der Waals surface area contributed by atoms with Crippen LogP contribution in [-0.4, -0.2) is 29.9 Å². The average Bonchev–Trinajstić information content (AvgIpc) is 3.34. The van der Waals surface area contributed by atoms with Gasteiger partial charge in [-0.2, -0.15) is 4.98 Å². The molecule has 0 N–H and O–H groups in total. The third-order valence-corrected chi connectivity index (χ3v) is 5.27. The molecule has 4 rings (SSSR count). The summed E-state index contributed by atoms with van der Waals surface area (Å²) in [5.74, 6) is 2.56. The minimum Gasteiger partial charge on any atom is -0.339 e. The second kappa shape index (κ2) is 7.79. The summed E-state index contributed by atoms with van der Waals surface area (Å²) in [6.45, 7) is 8.22. The number of aryl methyl sites for hydroxylation is 1. The van der Waals surface area contributed by atoms with Crippen LogP contribution in [0.25, 0.3) is 17.1 Å². The van der Waals surface area contributed by atoms with Crippen molar-refractivity contribution in [3.8, 4) is 17.1 Å². The zero-order chi connectivity index (χ0) is 20.4. The third kappa shape index (κ3) is 4.07. The minimum atomic E-state index is -0.176. The lowest BCUT2D eigenvalue weighted by Gasteiger charge is -2.12. The van der Waals surface area contributed by atoms with Crippen LogP contribution in [0.4, 0.5) is 0 Å². The summed E-state index contributed by atoms with van der Waals surface area (Å²) in [5, 5.41) is 13.8. The molecular formula is C21H22N6OS. The molecule has 0 aliphatic rings.